The van der Waals surface area contributed by atoms with E-state index in [2.05, 4.69) is 10.6 Å². The molecular formula is C32H50BF3N4O8S. The number of halogens is 3. The highest BCUT2D eigenvalue weighted by Crippen LogP contribution is 2.39. The van der Waals surface area contributed by atoms with E-state index in [0.29, 0.717) is 19.2 Å². The van der Waals surface area contributed by atoms with Crippen molar-refractivity contribution >= 4 is 35.2 Å². The summed E-state index contributed by atoms with van der Waals surface area (Å²) in [7, 11) is -5.05. The van der Waals surface area contributed by atoms with Crippen LogP contribution in [0, 0.1) is 5.92 Å². The molecular weight excluding hydrogens is 668 g/mol. The number of hydrogen-bond donors (Lipinski definition) is 3. The van der Waals surface area contributed by atoms with Gasteiger partial charge in [0.2, 0.25) is 11.8 Å². The summed E-state index contributed by atoms with van der Waals surface area (Å²) in [5.74, 6) is -1.34. The Morgan fingerprint density at radius 1 is 0.980 bits per heavy atom. The molecule has 12 nitrogen and oxygen atoms in total. The number of hydrogen-bond acceptors (Lipinski definition) is 7. The fourth-order valence-electron chi connectivity index (χ4n) is 6.22. The average molecular weight is 719 g/mol. The summed E-state index contributed by atoms with van der Waals surface area (Å²) in [6, 6.07) is 3.58. The van der Waals surface area contributed by atoms with Gasteiger partial charge < -0.3 is 25.0 Å². The van der Waals surface area contributed by atoms with Gasteiger partial charge in [0.25, 0.3) is 0 Å². The molecule has 3 rings (SSSR count). The van der Waals surface area contributed by atoms with Crippen LogP contribution in [0.15, 0.2) is 24.3 Å². The van der Waals surface area contributed by atoms with Crippen molar-refractivity contribution in [3.05, 3.63) is 35.4 Å². The lowest BCUT2D eigenvalue weighted by Crippen LogP contribution is -2.66. The van der Waals surface area contributed by atoms with E-state index in [4.69, 9.17) is 9.31 Å². The fraction of sp³-hybridized carbons (Fsp3) is 0.719. The Bertz CT molecular complexity index is 1440. The van der Waals surface area contributed by atoms with Gasteiger partial charge in [-0.1, -0.05) is 25.0 Å². The predicted molar refractivity (Wildman–Crippen MR) is 177 cm³/mol. The molecule has 0 aliphatic carbocycles. The van der Waals surface area contributed by atoms with E-state index in [1.54, 1.807) is 0 Å². The van der Waals surface area contributed by atoms with Crippen LogP contribution in [0.1, 0.15) is 98.6 Å². The highest BCUT2D eigenvalue weighted by molar-refractivity contribution is 7.87. The minimum absolute atomic E-state index is 0.0536. The van der Waals surface area contributed by atoms with Crippen molar-refractivity contribution in [2.45, 2.75) is 129 Å². The topological polar surface area (TPSA) is 155 Å². The number of rotatable bonds is 12. The second-order valence-corrected chi connectivity index (χ2v) is 16.8. The van der Waals surface area contributed by atoms with Gasteiger partial charge in [-0.15, -0.1) is 0 Å². The molecule has 2 aliphatic heterocycles. The third-order valence-electron chi connectivity index (χ3n) is 9.43. The van der Waals surface area contributed by atoms with E-state index < -0.39 is 81.7 Å². The number of benzene rings is 1. The van der Waals surface area contributed by atoms with Crippen LogP contribution in [-0.4, -0.2) is 82.5 Å². The van der Waals surface area contributed by atoms with Crippen molar-refractivity contribution in [1.29, 1.82) is 0 Å². The molecule has 49 heavy (non-hydrogen) atoms. The van der Waals surface area contributed by atoms with Crippen LogP contribution in [-0.2, 0) is 41.8 Å². The molecule has 3 N–H and O–H groups in total. The molecule has 1 aromatic rings. The first-order valence-electron chi connectivity index (χ1n) is 16.4. The average Bonchev–Trinajstić information content (AvgIpc) is 3.17. The van der Waals surface area contributed by atoms with Crippen LogP contribution >= 0.6 is 0 Å². The van der Waals surface area contributed by atoms with E-state index in [1.165, 1.54) is 6.92 Å². The summed E-state index contributed by atoms with van der Waals surface area (Å²) in [4.78, 5) is 38.8. The van der Waals surface area contributed by atoms with Gasteiger partial charge in [0.05, 0.1) is 23.3 Å². The quantitative estimate of drug-likeness (QED) is 0.197. The zero-order valence-corrected chi connectivity index (χ0v) is 30.4. The van der Waals surface area contributed by atoms with Crippen molar-refractivity contribution in [2.75, 3.05) is 13.1 Å². The van der Waals surface area contributed by atoms with E-state index in [1.807, 2.05) is 48.5 Å². The van der Waals surface area contributed by atoms with Crippen molar-refractivity contribution in [3.63, 3.8) is 0 Å². The monoisotopic (exact) mass is 718 g/mol. The van der Waals surface area contributed by atoms with E-state index >= 15 is 0 Å². The molecule has 1 aromatic carbocycles. The van der Waals surface area contributed by atoms with Gasteiger partial charge in [0, 0.05) is 25.6 Å². The Kier molecular flexibility index (Phi) is 12.2. The van der Waals surface area contributed by atoms with Gasteiger partial charge in [0.1, 0.15) is 5.54 Å². The molecule has 0 bridgehead atoms. The van der Waals surface area contributed by atoms with E-state index in [0.717, 1.165) is 28.6 Å². The Morgan fingerprint density at radius 3 is 1.96 bits per heavy atom. The van der Waals surface area contributed by atoms with Crippen LogP contribution in [0.3, 0.4) is 0 Å². The van der Waals surface area contributed by atoms with E-state index in [-0.39, 0.29) is 42.2 Å². The molecule has 2 saturated heterocycles. The van der Waals surface area contributed by atoms with Gasteiger partial charge in [-0.05, 0) is 97.7 Å². The molecule has 276 valence electrons. The molecule has 2 aliphatic rings. The standard InChI is InChI=1S/C32H50BF3N4O8S/c1-22(41)37-31(26(42)38-28(2,3)4,17-9-10-18-33-47-29(5,6)30(7,8)48-33)24-15-19-39(20-16-24)49(45,46)40(27(43)44)21-23-11-13-25(14-12-23)32(34,35)36/h11-14,24H,9-10,15-21H2,1-8H3,(H,37,41)(H,38,42)(H,43,44). The number of piperidine rings is 1. The number of alkyl halides is 3. The third kappa shape index (κ3) is 9.88. The Hall–Kier alpha value is -2.89. The van der Waals surface area contributed by atoms with Gasteiger partial charge >= 0.3 is 29.6 Å². The molecule has 1 unspecified atom stereocenters. The first-order valence-corrected chi connectivity index (χ1v) is 17.8. The summed E-state index contributed by atoms with van der Waals surface area (Å²) < 4.78 is 79.5. The molecule has 0 saturated carbocycles. The summed E-state index contributed by atoms with van der Waals surface area (Å²) in [5.41, 5.74) is -3.92. The zero-order chi connectivity index (χ0) is 37.2. The predicted octanol–water partition coefficient (Wildman–Crippen LogP) is 5.19. The summed E-state index contributed by atoms with van der Waals surface area (Å²) in [6.45, 7) is 13.6. The first kappa shape index (κ1) is 40.5. The molecule has 0 aromatic heterocycles. The molecule has 1 atom stereocenters. The van der Waals surface area contributed by atoms with Crippen LogP contribution < -0.4 is 10.6 Å². The third-order valence-corrected chi connectivity index (χ3v) is 11.3. The van der Waals surface area contributed by atoms with Crippen molar-refractivity contribution < 1.29 is 50.4 Å². The van der Waals surface area contributed by atoms with Gasteiger partial charge in [-0.25, -0.2) is 4.79 Å². The van der Waals surface area contributed by atoms with Crippen molar-refractivity contribution in [1.82, 2.24) is 19.2 Å². The van der Waals surface area contributed by atoms with Crippen LogP contribution in [0.5, 0.6) is 0 Å². The molecule has 0 spiro atoms. The number of carboxylic acid groups (broad SMARTS) is 1. The maximum absolute atomic E-state index is 14.0. The van der Waals surface area contributed by atoms with Crippen molar-refractivity contribution in [3.8, 4) is 0 Å². The number of unbranched alkanes of at least 4 members (excludes halogenated alkanes) is 1. The zero-order valence-electron chi connectivity index (χ0n) is 29.6. The van der Waals surface area contributed by atoms with Crippen LogP contribution in [0.2, 0.25) is 6.32 Å². The van der Waals surface area contributed by atoms with Gasteiger partial charge in [-0.2, -0.15) is 30.2 Å². The second-order valence-electron chi connectivity index (χ2n) is 15.0. The lowest BCUT2D eigenvalue weighted by Gasteiger charge is -2.45. The maximum atomic E-state index is 14.0. The Labute approximate surface area is 287 Å². The Balaban J connectivity index is 1.79. The maximum Gasteiger partial charge on any atom is 0.457 e. The number of nitrogens with one attached hydrogen (secondary N) is 2. The molecule has 0 radical (unpaired) electrons. The lowest BCUT2D eigenvalue weighted by molar-refractivity contribution is -0.138. The minimum atomic E-state index is -4.62. The smallest absolute Gasteiger partial charge is 0.457 e. The van der Waals surface area contributed by atoms with Gasteiger partial charge in [-0.3, -0.25) is 9.59 Å². The minimum Gasteiger partial charge on any atom is -0.464 e. The SMILES string of the molecule is CC(=O)NC(CCCCB1OC(C)(C)C(C)(C)O1)(C(=O)NC(C)(C)C)C1CCN(S(=O)(=O)N(Cc2ccc(C(F)(F)F)cc2)C(=O)O)CC1. The number of carbonyl (C=O) groups is 3. The Morgan fingerprint density at radius 2 is 1.51 bits per heavy atom. The van der Waals surface area contributed by atoms with Crippen LogP contribution in [0.4, 0.5) is 18.0 Å². The highest BCUT2D eigenvalue weighted by atomic mass is 32.2. The molecule has 17 heteroatoms. The summed E-state index contributed by atoms with van der Waals surface area (Å²) in [6.07, 6.45) is -4.20. The summed E-state index contributed by atoms with van der Waals surface area (Å²) >= 11 is 0. The second kappa shape index (κ2) is 14.8. The lowest BCUT2D eigenvalue weighted by atomic mass is 9.72. The number of nitrogens with zero attached hydrogens (tertiary/aromatic N) is 2. The molecule has 2 heterocycles. The number of carbonyl (C=O) groups excluding carboxylic acids is 2. The van der Waals surface area contributed by atoms with E-state index in [9.17, 15) is 41.1 Å². The first-order chi connectivity index (χ1) is 22.3. The van der Waals surface area contributed by atoms with Crippen LogP contribution in [0.25, 0.3) is 0 Å². The highest BCUT2D eigenvalue weighted by Gasteiger charge is 2.52. The normalized spacial score (nSPS) is 20.0. The molecule has 3 amide bonds. The van der Waals surface area contributed by atoms with Gasteiger partial charge in [0.15, 0.2) is 0 Å². The van der Waals surface area contributed by atoms with Crippen molar-refractivity contribution in [2.24, 2.45) is 5.92 Å². The largest absolute Gasteiger partial charge is 0.464 e. The molecule has 2 fully saturated rings. The summed E-state index contributed by atoms with van der Waals surface area (Å²) in [5, 5.41) is 15.7. The number of amides is 3. The fourth-order valence-corrected chi connectivity index (χ4v) is 7.68.